The van der Waals surface area contributed by atoms with Crippen molar-refractivity contribution >= 4 is 0 Å². The Hall–Kier alpha value is -0.590. The molecule has 50 valence electrons. The van der Waals surface area contributed by atoms with Gasteiger partial charge in [0.15, 0.2) is 0 Å². The van der Waals surface area contributed by atoms with Gasteiger partial charge >= 0.3 is 0 Å². The third-order valence-electron chi connectivity index (χ3n) is 1.54. The average Bonchev–Trinajstić information content (AvgIpc) is 2.37. The second-order valence-electron chi connectivity index (χ2n) is 2.20. The summed E-state index contributed by atoms with van der Waals surface area (Å²) in [5.41, 5.74) is 0. The minimum atomic E-state index is -0.826. The molecule has 1 saturated heterocycles. The quantitative estimate of drug-likeness (QED) is 0.501. The average molecular weight is 127 g/mol. The van der Waals surface area contributed by atoms with Crippen LogP contribution in [0.4, 0.5) is 0 Å². The number of hydrogen-bond acceptors (Lipinski definition) is 3. The van der Waals surface area contributed by atoms with Crippen LogP contribution in [0.15, 0.2) is 0 Å². The number of ether oxygens (including phenoxy) is 1. The Morgan fingerprint density at radius 3 is 3.00 bits per heavy atom. The van der Waals surface area contributed by atoms with E-state index in [2.05, 4.69) is 0 Å². The summed E-state index contributed by atoms with van der Waals surface area (Å²) < 4.78 is 4.97. The second kappa shape index (κ2) is 2.81. The zero-order valence-electron chi connectivity index (χ0n) is 5.08. The highest BCUT2D eigenvalue weighted by Gasteiger charge is 2.22. The predicted octanol–water partition coefficient (Wildman–Crippen LogP) is -0.0926. The summed E-state index contributed by atoms with van der Waals surface area (Å²) in [6.45, 7) is 1.22. The highest BCUT2D eigenvalue weighted by Crippen LogP contribution is 2.15. The Morgan fingerprint density at radius 2 is 2.56 bits per heavy atom. The molecule has 0 amide bonds. The van der Waals surface area contributed by atoms with Crippen molar-refractivity contribution in [2.24, 2.45) is 5.92 Å². The minimum absolute atomic E-state index is 0.0509. The molecule has 1 N–H and O–H groups in total. The van der Waals surface area contributed by atoms with Crippen molar-refractivity contribution in [3.8, 4) is 6.07 Å². The first kappa shape index (κ1) is 6.53. The molecule has 1 fully saturated rings. The maximum atomic E-state index is 8.92. The lowest BCUT2D eigenvalue weighted by Gasteiger charge is -2.05. The van der Waals surface area contributed by atoms with Crippen molar-refractivity contribution in [1.82, 2.24) is 0 Å². The molecule has 3 heteroatoms. The molecule has 1 heterocycles. The summed E-state index contributed by atoms with van der Waals surface area (Å²) in [5.74, 6) is 0.0509. The molecule has 0 unspecified atom stereocenters. The van der Waals surface area contributed by atoms with Crippen LogP contribution in [0.3, 0.4) is 0 Å². The molecule has 0 aromatic rings. The molecule has 0 radical (unpaired) electrons. The maximum Gasteiger partial charge on any atom is 0.145 e. The summed E-state index contributed by atoms with van der Waals surface area (Å²) in [4.78, 5) is 0. The zero-order valence-corrected chi connectivity index (χ0v) is 5.08. The molecular formula is C6H9NO2. The monoisotopic (exact) mass is 127 g/mol. The van der Waals surface area contributed by atoms with Crippen LogP contribution >= 0.6 is 0 Å². The van der Waals surface area contributed by atoms with Gasteiger partial charge in [-0.2, -0.15) is 5.26 Å². The van der Waals surface area contributed by atoms with Crippen LogP contribution < -0.4 is 0 Å². The largest absolute Gasteiger partial charge is 0.381 e. The molecule has 0 aromatic carbocycles. The van der Waals surface area contributed by atoms with Crippen molar-refractivity contribution in [1.29, 1.82) is 5.26 Å². The molecule has 2 atom stereocenters. The molecule has 1 rings (SSSR count). The maximum absolute atomic E-state index is 8.92. The summed E-state index contributed by atoms with van der Waals surface area (Å²) in [6.07, 6.45) is -0.0122. The predicted molar refractivity (Wildman–Crippen MR) is 30.5 cm³/mol. The fourth-order valence-corrected chi connectivity index (χ4v) is 0.907. The van der Waals surface area contributed by atoms with Gasteiger partial charge < -0.3 is 9.84 Å². The molecule has 0 saturated carbocycles. The normalized spacial score (nSPS) is 29.6. The fraction of sp³-hybridized carbons (Fsp3) is 0.833. The Bertz CT molecular complexity index is 124. The van der Waals surface area contributed by atoms with Gasteiger partial charge in [0.05, 0.1) is 12.7 Å². The number of nitrogens with zero attached hydrogens (tertiary/aromatic N) is 1. The number of aliphatic hydroxyl groups excluding tert-OH is 1. The van der Waals surface area contributed by atoms with E-state index in [0.29, 0.717) is 13.2 Å². The molecule has 1 aliphatic rings. The summed E-state index contributed by atoms with van der Waals surface area (Å²) in [7, 11) is 0. The van der Waals surface area contributed by atoms with Crippen LogP contribution in [0.2, 0.25) is 0 Å². The number of hydrogen-bond donors (Lipinski definition) is 1. The SMILES string of the molecule is N#C[C@H](O)[C@H]1CCOC1. The second-order valence-corrected chi connectivity index (χ2v) is 2.20. The Labute approximate surface area is 53.9 Å². The van der Waals surface area contributed by atoms with Gasteiger partial charge in [0.2, 0.25) is 0 Å². The Balaban J connectivity index is 2.34. The van der Waals surface area contributed by atoms with Crippen LogP contribution in [0.1, 0.15) is 6.42 Å². The molecule has 0 spiro atoms. The molecule has 0 bridgehead atoms. The van der Waals surface area contributed by atoms with Gasteiger partial charge in [0.25, 0.3) is 0 Å². The Kier molecular flexibility index (Phi) is 2.04. The van der Waals surface area contributed by atoms with Crippen LogP contribution in [0.5, 0.6) is 0 Å². The van der Waals surface area contributed by atoms with Gasteiger partial charge in [-0.05, 0) is 6.42 Å². The van der Waals surface area contributed by atoms with Crippen LogP contribution in [-0.2, 0) is 4.74 Å². The van der Waals surface area contributed by atoms with Gasteiger partial charge in [-0.3, -0.25) is 0 Å². The van der Waals surface area contributed by atoms with E-state index in [-0.39, 0.29) is 5.92 Å². The minimum Gasteiger partial charge on any atom is -0.381 e. The highest BCUT2D eigenvalue weighted by molar-refractivity contribution is 4.89. The smallest absolute Gasteiger partial charge is 0.145 e. The van der Waals surface area contributed by atoms with Gasteiger partial charge in [-0.1, -0.05) is 0 Å². The zero-order chi connectivity index (χ0) is 6.69. The number of rotatable bonds is 1. The first-order valence-corrected chi connectivity index (χ1v) is 3.00. The van der Waals surface area contributed by atoms with Crippen molar-refractivity contribution in [2.45, 2.75) is 12.5 Å². The van der Waals surface area contributed by atoms with E-state index in [4.69, 9.17) is 15.1 Å². The van der Waals surface area contributed by atoms with Crippen LogP contribution in [0.25, 0.3) is 0 Å². The molecule has 9 heavy (non-hydrogen) atoms. The van der Waals surface area contributed by atoms with Gasteiger partial charge in [0.1, 0.15) is 6.10 Å². The van der Waals surface area contributed by atoms with E-state index < -0.39 is 6.10 Å². The first-order chi connectivity index (χ1) is 4.34. The molecule has 1 aliphatic heterocycles. The van der Waals surface area contributed by atoms with Crippen molar-refractivity contribution in [3.05, 3.63) is 0 Å². The van der Waals surface area contributed by atoms with Crippen molar-refractivity contribution in [3.63, 3.8) is 0 Å². The number of nitriles is 1. The molecular weight excluding hydrogens is 118 g/mol. The van der Waals surface area contributed by atoms with E-state index in [9.17, 15) is 0 Å². The van der Waals surface area contributed by atoms with Crippen molar-refractivity contribution in [2.75, 3.05) is 13.2 Å². The molecule has 0 aliphatic carbocycles. The summed E-state index contributed by atoms with van der Waals surface area (Å²) in [5, 5.41) is 17.2. The van der Waals surface area contributed by atoms with E-state index in [0.717, 1.165) is 6.42 Å². The lowest BCUT2D eigenvalue weighted by molar-refractivity contribution is 0.128. The summed E-state index contributed by atoms with van der Waals surface area (Å²) in [6, 6.07) is 1.78. The van der Waals surface area contributed by atoms with E-state index >= 15 is 0 Å². The highest BCUT2D eigenvalue weighted by atomic mass is 16.5. The van der Waals surface area contributed by atoms with E-state index in [1.807, 2.05) is 0 Å². The third kappa shape index (κ3) is 1.41. The lowest BCUT2D eigenvalue weighted by Crippen LogP contribution is -2.17. The number of aliphatic hydroxyl groups is 1. The van der Waals surface area contributed by atoms with Gasteiger partial charge in [-0.25, -0.2) is 0 Å². The first-order valence-electron chi connectivity index (χ1n) is 3.00. The fourth-order valence-electron chi connectivity index (χ4n) is 0.907. The van der Waals surface area contributed by atoms with Crippen LogP contribution in [0, 0.1) is 17.2 Å². The topological polar surface area (TPSA) is 53.2 Å². The van der Waals surface area contributed by atoms with Gasteiger partial charge in [-0.15, -0.1) is 0 Å². The van der Waals surface area contributed by atoms with Crippen molar-refractivity contribution < 1.29 is 9.84 Å². The van der Waals surface area contributed by atoms with Gasteiger partial charge in [0, 0.05) is 12.5 Å². The van der Waals surface area contributed by atoms with E-state index in [1.165, 1.54) is 0 Å². The Morgan fingerprint density at radius 1 is 1.78 bits per heavy atom. The summed E-state index contributed by atoms with van der Waals surface area (Å²) >= 11 is 0. The molecule has 3 nitrogen and oxygen atoms in total. The lowest BCUT2D eigenvalue weighted by atomic mass is 10.0. The molecule has 0 aromatic heterocycles. The standard InChI is InChI=1S/C6H9NO2/c7-3-6(8)5-1-2-9-4-5/h5-6,8H,1-2,4H2/t5-,6-/m0/s1. The van der Waals surface area contributed by atoms with E-state index in [1.54, 1.807) is 6.07 Å². The third-order valence-corrected chi connectivity index (χ3v) is 1.54. The van der Waals surface area contributed by atoms with Crippen LogP contribution in [-0.4, -0.2) is 24.4 Å².